The van der Waals surface area contributed by atoms with Crippen LogP contribution in [-0.4, -0.2) is 50.5 Å². The van der Waals surface area contributed by atoms with E-state index >= 15 is 0 Å². The third-order valence-electron chi connectivity index (χ3n) is 5.66. The van der Waals surface area contributed by atoms with Crippen molar-refractivity contribution in [3.63, 3.8) is 0 Å². The Labute approximate surface area is 149 Å². The molecule has 4 atom stereocenters. The van der Waals surface area contributed by atoms with Gasteiger partial charge in [0.15, 0.2) is 9.74 Å². The Morgan fingerprint density at radius 1 is 1.36 bits per heavy atom. The van der Waals surface area contributed by atoms with Crippen molar-refractivity contribution >= 4 is 23.6 Å². The average molecular weight is 358 g/mol. The first kappa shape index (κ1) is 16.2. The molecule has 8 heteroatoms. The second-order valence-corrected chi connectivity index (χ2v) is 8.83. The van der Waals surface area contributed by atoms with E-state index in [1.807, 2.05) is 13.0 Å². The molecule has 2 amide bonds. The topological polar surface area (TPSA) is 86.5 Å². The highest BCUT2D eigenvalue weighted by atomic mass is 32.2. The first-order chi connectivity index (χ1) is 11.7. The number of methoxy groups -OCH3 is 1. The second kappa shape index (κ2) is 4.67. The van der Waals surface area contributed by atoms with Crippen molar-refractivity contribution in [1.82, 2.24) is 14.8 Å². The summed E-state index contributed by atoms with van der Waals surface area (Å²) in [6, 6.07) is 5.36. The monoisotopic (exact) mass is 358 g/mol. The van der Waals surface area contributed by atoms with Gasteiger partial charge in [-0.05, 0) is 25.5 Å². The van der Waals surface area contributed by atoms with Crippen molar-refractivity contribution in [2.45, 2.75) is 36.1 Å². The molecule has 1 unspecified atom stereocenters. The molecule has 0 aromatic carbocycles. The summed E-state index contributed by atoms with van der Waals surface area (Å²) < 4.78 is 5.09. The molecule has 1 aromatic rings. The van der Waals surface area contributed by atoms with E-state index in [0.717, 1.165) is 5.56 Å². The second-order valence-electron chi connectivity index (χ2n) is 7.15. The maximum absolute atomic E-state index is 13.2. The van der Waals surface area contributed by atoms with E-state index in [0.29, 0.717) is 12.3 Å². The predicted molar refractivity (Wildman–Crippen MR) is 90.2 cm³/mol. The molecule has 0 saturated carbocycles. The fourth-order valence-electron chi connectivity index (χ4n) is 4.32. The Morgan fingerprint density at radius 2 is 2.08 bits per heavy atom. The minimum Gasteiger partial charge on any atom is -0.481 e. The number of carbonyl (C=O) groups is 2. The van der Waals surface area contributed by atoms with Gasteiger partial charge in [0.1, 0.15) is 0 Å². The lowest BCUT2D eigenvalue weighted by Gasteiger charge is -2.39. The fourth-order valence-corrected chi connectivity index (χ4v) is 6.26. The lowest BCUT2D eigenvalue weighted by Crippen LogP contribution is -2.60. The van der Waals surface area contributed by atoms with Crippen molar-refractivity contribution in [1.29, 1.82) is 5.26 Å². The van der Waals surface area contributed by atoms with Gasteiger partial charge in [-0.2, -0.15) is 5.26 Å². The Hall–Kier alpha value is -2.27. The third kappa shape index (κ3) is 1.69. The molecule has 25 heavy (non-hydrogen) atoms. The van der Waals surface area contributed by atoms with E-state index in [1.165, 1.54) is 23.8 Å². The maximum Gasteiger partial charge on any atom is 0.261 e. The number of fused-ring (bicyclic) bond motifs is 1. The van der Waals surface area contributed by atoms with Gasteiger partial charge in [0, 0.05) is 25.7 Å². The number of aromatic nitrogens is 1. The summed E-state index contributed by atoms with van der Waals surface area (Å²) in [5.74, 6) is 0.228. The number of carbonyl (C=O) groups excluding carboxylic acids is 2. The Morgan fingerprint density at radius 3 is 2.64 bits per heavy atom. The van der Waals surface area contributed by atoms with Gasteiger partial charge in [-0.15, -0.1) is 0 Å². The van der Waals surface area contributed by atoms with Crippen molar-refractivity contribution in [3.8, 4) is 11.9 Å². The van der Waals surface area contributed by atoms with Crippen LogP contribution in [0, 0.1) is 16.7 Å². The fraction of sp³-hybridized carbons (Fsp3) is 0.529. The number of thioether (sulfide) groups is 1. The number of nitriles is 1. The Bertz CT molecular complexity index is 837. The van der Waals surface area contributed by atoms with Gasteiger partial charge >= 0.3 is 0 Å². The number of likely N-dealkylation sites (N-methyl/N-ethyl adjacent to an activating group) is 1. The Kier molecular flexibility index (Phi) is 3.03. The molecule has 1 spiro atoms. The highest BCUT2D eigenvalue weighted by Crippen LogP contribution is 2.69. The molecule has 2 bridgehead atoms. The summed E-state index contributed by atoms with van der Waals surface area (Å²) >= 11 is 1.36. The van der Waals surface area contributed by atoms with Crippen LogP contribution in [0.1, 0.15) is 31.9 Å². The largest absolute Gasteiger partial charge is 0.481 e. The van der Waals surface area contributed by atoms with Crippen LogP contribution >= 0.6 is 11.8 Å². The van der Waals surface area contributed by atoms with E-state index in [-0.39, 0.29) is 11.8 Å². The van der Waals surface area contributed by atoms with Crippen LogP contribution in [0.2, 0.25) is 0 Å². The lowest BCUT2D eigenvalue weighted by atomic mass is 9.80. The van der Waals surface area contributed by atoms with Crippen LogP contribution in [0.15, 0.2) is 18.3 Å². The SMILES string of the molecule is COc1ccc(C2N3C(=O)[C@@]4(C)S[C@@]3(C[C@]2(C)C#N)C(=O)N4C)cn1. The van der Waals surface area contributed by atoms with Gasteiger partial charge in [0.25, 0.3) is 11.8 Å². The number of piperazine rings is 1. The van der Waals surface area contributed by atoms with Crippen LogP contribution in [0.25, 0.3) is 0 Å². The smallest absolute Gasteiger partial charge is 0.261 e. The molecule has 0 radical (unpaired) electrons. The molecule has 4 rings (SSSR count). The Balaban J connectivity index is 1.88. The van der Waals surface area contributed by atoms with Gasteiger partial charge in [-0.1, -0.05) is 11.8 Å². The first-order valence-corrected chi connectivity index (χ1v) is 8.78. The van der Waals surface area contributed by atoms with E-state index in [9.17, 15) is 14.9 Å². The standard InChI is InChI=1S/C17H18N4O3S/c1-15(9-18)8-17-14(23)20(3)16(2,25-17)13(22)21(17)12(15)10-5-6-11(24-4)19-7-10/h5-7,12H,8H2,1-4H3/t12?,15-,16-,17+/m1/s1. The number of ether oxygens (including phenoxy) is 1. The zero-order chi connectivity index (χ0) is 18.2. The quantitative estimate of drug-likeness (QED) is 0.797. The number of pyridine rings is 1. The molecule has 130 valence electrons. The molecule has 3 aliphatic heterocycles. The average Bonchev–Trinajstić information content (AvgIpc) is 3.08. The van der Waals surface area contributed by atoms with Crippen LogP contribution in [-0.2, 0) is 9.59 Å². The molecule has 3 fully saturated rings. The molecule has 0 aliphatic carbocycles. The van der Waals surface area contributed by atoms with Crippen molar-refractivity contribution in [3.05, 3.63) is 23.9 Å². The molecular formula is C17H18N4O3S. The van der Waals surface area contributed by atoms with E-state index in [4.69, 9.17) is 4.74 Å². The minimum absolute atomic E-state index is 0.106. The van der Waals surface area contributed by atoms with Gasteiger partial charge in [-0.25, -0.2) is 4.98 Å². The molecule has 1 aromatic heterocycles. The number of rotatable bonds is 2. The van der Waals surface area contributed by atoms with Crippen LogP contribution in [0.5, 0.6) is 5.88 Å². The maximum atomic E-state index is 13.2. The van der Waals surface area contributed by atoms with Gasteiger partial charge in [0.2, 0.25) is 5.88 Å². The van der Waals surface area contributed by atoms with Crippen molar-refractivity contribution in [2.75, 3.05) is 14.2 Å². The molecular weight excluding hydrogens is 340 g/mol. The van der Waals surface area contributed by atoms with E-state index in [2.05, 4.69) is 11.1 Å². The number of amides is 2. The van der Waals surface area contributed by atoms with Gasteiger partial charge in [0.05, 0.1) is 24.6 Å². The normalized spacial score (nSPS) is 38.9. The van der Waals surface area contributed by atoms with E-state index in [1.54, 1.807) is 31.1 Å². The van der Waals surface area contributed by atoms with Crippen molar-refractivity contribution < 1.29 is 14.3 Å². The molecule has 3 aliphatic rings. The van der Waals surface area contributed by atoms with Crippen LogP contribution < -0.4 is 4.74 Å². The predicted octanol–water partition coefficient (Wildman–Crippen LogP) is 1.52. The zero-order valence-corrected chi connectivity index (χ0v) is 15.3. The first-order valence-electron chi connectivity index (χ1n) is 7.97. The molecule has 3 saturated heterocycles. The number of hydrogen-bond acceptors (Lipinski definition) is 6. The molecule has 0 N–H and O–H groups in total. The van der Waals surface area contributed by atoms with Crippen LogP contribution in [0.3, 0.4) is 0 Å². The van der Waals surface area contributed by atoms with Gasteiger partial charge < -0.3 is 14.5 Å². The summed E-state index contributed by atoms with van der Waals surface area (Å²) in [6.07, 6.45) is 1.93. The highest BCUT2D eigenvalue weighted by Gasteiger charge is 2.78. The lowest BCUT2D eigenvalue weighted by molar-refractivity contribution is -0.159. The summed E-state index contributed by atoms with van der Waals surface area (Å²) in [6.45, 7) is 3.59. The number of nitrogens with zero attached hydrogens (tertiary/aromatic N) is 4. The minimum atomic E-state index is -1.00. The third-order valence-corrected chi connectivity index (χ3v) is 7.36. The summed E-state index contributed by atoms with van der Waals surface area (Å²) in [7, 11) is 3.19. The van der Waals surface area contributed by atoms with Crippen molar-refractivity contribution in [2.24, 2.45) is 5.41 Å². The molecule has 7 nitrogen and oxygen atoms in total. The van der Waals surface area contributed by atoms with Gasteiger partial charge in [-0.3, -0.25) is 9.59 Å². The zero-order valence-electron chi connectivity index (χ0n) is 14.4. The summed E-state index contributed by atoms with van der Waals surface area (Å²) in [5, 5.41) is 9.87. The molecule has 4 heterocycles. The van der Waals surface area contributed by atoms with E-state index < -0.39 is 21.2 Å². The van der Waals surface area contributed by atoms with Crippen LogP contribution in [0.4, 0.5) is 0 Å². The summed E-state index contributed by atoms with van der Waals surface area (Å²) in [4.78, 5) is 31.6. The number of hydrogen-bond donors (Lipinski definition) is 0. The highest BCUT2D eigenvalue weighted by molar-refractivity contribution is 8.04. The summed E-state index contributed by atoms with van der Waals surface area (Å²) in [5.41, 5.74) is -0.136.